The highest BCUT2D eigenvalue weighted by atomic mass is 16.5. The second-order valence-electron chi connectivity index (χ2n) is 3.77. The van der Waals surface area contributed by atoms with E-state index in [-0.39, 0.29) is 0 Å². The van der Waals surface area contributed by atoms with Crippen molar-refractivity contribution < 1.29 is 4.74 Å². The van der Waals surface area contributed by atoms with Crippen LogP contribution in [0.2, 0.25) is 0 Å². The summed E-state index contributed by atoms with van der Waals surface area (Å²) in [5, 5.41) is 0. The van der Waals surface area contributed by atoms with Crippen LogP contribution in [0.25, 0.3) is 0 Å². The third-order valence-electron chi connectivity index (χ3n) is 2.53. The van der Waals surface area contributed by atoms with E-state index in [1.165, 1.54) is 5.56 Å². The number of anilines is 1. The molecule has 0 unspecified atom stereocenters. The number of rotatable bonds is 3. The average Bonchev–Trinajstić information content (AvgIpc) is 2.60. The molecule has 0 atom stereocenters. The van der Waals surface area contributed by atoms with Crippen molar-refractivity contribution in [1.82, 2.24) is 9.55 Å². The molecule has 0 fully saturated rings. The molecule has 1 heterocycles. The Morgan fingerprint density at radius 2 is 2.00 bits per heavy atom. The zero-order valence-corrected chi connectivity index (χ0v) is 9.47. The monoisotopic (exact) mass is 217 g/mol. The Morgan fingerprint density at radius 1 is 1.31 bits per heavy atom. The fourth-order valence-electron chi connectivity index (χ4n) is 1.39. The molecule has 0 radical (unpaired) electrons. The van der Waals surface area contributed by atoms with Crippen LogP contribution in [-0.2, 0) is 13.7 Å². The number of aromatic nitrogens is 2. The van der Waals surface area contributed by atoms with Gasteiger partial charge in [-0.2, -0.15) is 0 Å². The van der Waals surface area contributed by atoms with Crippen molar-refractivity contribution in [2.75, 3.05) is 5.73 Å². The molecule has 2 N–H and O–H groups in total. The number of nitrogens with zero attached hydrogens (tertiary/aromatic N) is 2. The van der Waals surface area contributed by atoms with Crippen LogP contribution in [0.1, 0.15) is 11.3 Å². The maximum Gasteiger partial charge on any atom is 0.200 e. The number of aryl methyl sites for hydroxylation is 1. The molecule has 1 aromatic heterocycles. The Balaban J connectivity index is 2.02. The summed E-state index contributed by atoms with van der Waals surface area (Å²) in [6.45, 7) is 2.52. The van der Waals surface area contributed by atoms with Gasteiger partial charge in [0, 0.05) is 7.05 Å². The summed E-state index contributed by atoms with van der Waals surface area (Å²) in [5.74, 6) is 1.35. The summed E-state index contributed by atoms with van der Waals surface area (Å²) in [6, 6.07) is 7.95. The normalized spacial score (nSPS) is 10.4. The smallest absolute Gasteiger partial charge is 0.200 e. The quantitative estimate of drug-likeness (QED) is 0.854. The Bertz CT molecular complexity index is 474. The molecule has 4 nitrogen and oxygen atoms in total. The molecule has 2 rings (SSSR count). The van der Waals surface area contributed by atoms with Gasteiger partial charge in [-0.3, -0.25) is 0 Å². The SMILES string of the molecule is Cc1ccc(OCc2cnc(N)n2C)cc1. The summed E-state index contributed by atoms with van der Waals surface area (Å²) in [4.78, 5) is 4.00. The van der Waals surface area contributed by atoms with Crippen molar-refractivity contribution in [3.63, 3.8) is 0 Å². The van der Waals surface area contributed by atoms with Crippen LogP contribution in [0.4, 0.5) is 5.95 Å². The van der Waals surface area contributed by atoms with Gasteiger partial charge in [-0.1, -0.05) is 17.7 Å². The molecule has 4 heteroatoms. The predicted octanol–water partition coefficient (Wildman–Crippen LogP) is 1.89. The third-order valence-corrected chi connectivity index (χ3v) is 2.53. The molecule has 84 valence electrons. The maximum atomic E-state index is 5.63. The van der Waals surface area contributed by atoms with E-state index in [0.717, 1.165) is 11.4 Å². The van der Waals surface area contributed by atoms with E-state index in [1.807, 2.05) is 42.8 Å². The number of benzene rings is 1. The maximum absolute atomic E-state index is 5.63. The van der Waals surface area contributed by atoms with E-state index in [4.69, 9.17) is 10.5 Å². The van der Waals surface area contributed by atoms with Gasteiger partial charge in [-0.05, 0) is 19.1 Å². The zero-order valence-electron chi connectivity index (χ0n) is 9.47. The molecule has 1 aromatic carbocycles. The van der Waals surface area contributed by atoms with Crippen molar-refractivity contribution >= 4 is 5.95 Å². The topological polar surface area (TPSA) is 53.1 Å². The van der Waals surface area contributed by atoms with E-state index in [9.17, 15) is 0 Å². The first-order valence-corrected chi connectivity index (χ1v) is 5.12. The van der Waals surface area contributed by atoms with Crippen LogP contribution in [0.3, 0.4) is 0 Å². The third kappa shape index (κ3) is 2.16. The van der Waals surface area contributed by atoms with E-state index in [1.54, 1.807) is 6.20 Å². The molecule has 0 saturated carbocycles. The number of nitrogens with two attached hydrogens (primary N) is 1. The Labute approximate surface area is 94.7 Å². The van der Waals surface area contributed by atoms with E-state index in [2.05, 4.69) is 4.98 Å². The first-order valence-electron chi connectivity index (χ1n) is 5.12. The highest BCUT2D eigenvalue weighted by Gasteiger charge is 2.03. The Morgan fingerprint density at radius 3 is 2.56 bits per heavy atom. The molecule has 0 amide bonds. The highest BCUT2D eigenvalue weighted by molar-refractivity contribution is 5.27. The van der Waals surface area contributed by atoms with Gasteiger partial charge >= 0.3 is 0 Å². The minimum absolute atomic E-state index is 0.476. The second kappa shape index (κ2) is 4.26. The van der Waals surface area contributed by atoms with Gasteiger partial charge in [0.15, 0.2) is 5.95 Å². The van der Waals surface area contributed by atoms with Crippen molar-refractivity contribution in [3.8, 4) is 5.75 Å². The van der Waals surface area contributed by atoms with Gasteiger partial charge in [0.2, 0.25) is 0 Å². The molecule has 0 aliphatic carbocycles. The minimum Gasteiger partial charge on any atom is -0.487 e. The lowest BCUT2D eigenvalue weighted by molar-refractivity contribution is 0.297. The van der Waals surface area contributed by atoms with Crippen LogP contribution in [0, 0.1) is 6.92 Å². The minimum atomic E-state index is 0.476. The number of nitrogen functional groups attached to an aromatic ring is 1. The molecule has 0 aliphatic heterocycles. The lowest BCUT2D eigenvalue weighted by Crippen LogP contribution is -2.04. The van der Waals surface area contributed by atoms with Gasteiger partial charge in [0.05, 0.1) is 11.9 Å². The summed E-state index contributed by atoms with van der Waals surface area (Å²) in [6.07, 6.45) is 1.73. The van der Waals surface area contributed by atoms with Crippen LogP contribution in [0.15, 0.2) is 30.5 Å². The number of imidazole rings is 1. The second-order valence-corrected chi connectivity index (χ2v) is 3.77. The number of hydrogen-bond acceptors (Lipinski definition) is 3. The zero-order chi connectivity index (χ0) is 11.5. The number of hydrogen-bond donors (Lipinski definition) is 1. The van der Waals surface area contributed by atoms with Crippen LogP contribution in [0.5, 0.6) is 5.75 Å². The van der Waals surface area contributed by atoms with Crippen LogP contribution in [-0.4, -0.2) is 9.55 Å². The highest BCUT2D eigenvalue weighted by Crippen LogP contribution is 2.14. The van der Waals surface area contributed by atoms with Gasteiger partial charge in [0.25, 0.3) is 0 Å². The average molecular weight is 217 g/mol. The standard InChI is InChI=1S/C12H15N3O/c1-9-3-5-11(6-4-9)16-8-10-7-14-12(13)15(10)2/h3-7H,8H2,1-2H3,(H2,13,14). The summed E-state index contributed by atoms with van der Waals surface area (Å²) >= 11 is 0. The van der Waals surface area contributed by atoms with Crippen molar-refractivity contribution in [3.05, 3.63) is 41.7 Å². The van der Waals surface area contributed by atoms with E-state index < -0.39 is 0 Å². The largest absolute Gasteiger partial charge is 0.487 e. The molecule has 0 bridgehead atoms. The van der Waals surface area contributed by atoms with Crippen molar-refractivity contribution in [2.24, 2.45) is 7.05 Å². The Hall–Kier alpha value is -1.97. The van der Waals surface area contributed by atoms with E-state index >= 15 is 0 Å². The van der Waals surface area contributed by atoms with Gasteiger partial charge in [-0.15, -0.1) is 0 Å². The van der Waals surface area contributed by atoms with Gasteiger partial charge in [0.1, 0.15) is 12.4 Å². The van der Waals surface area contributed by atoms with Crippen molar-refractivity contribution in [1.29, 1.82) is 0 Å². The number of ether oxygens (including phenoxy) is 1. The fourth-order valence-corrected chi connectivity index (χ4v) is 1.39. The molecule has 0 saturated heterocycles. The molecular formula is C12H15N3O. The van der Waals surface area contributed by atoms with Crippen LogP contribution >= 0.6 is 0 Å². The van der Waals surface area contributed by atoms with Crippen molar-refractivity contribution in [2.45, 2.75) is 13.5 Å². The van der Waals surface area contributed by atoms with Gasteiger partial charge in [-0.25, -0.2) is 4.98 Å². The summed E-state index contributed by atoms with van der Waals surface area (Å²) in [7, 11) is 1.87. The lowest BCUT2D eigenvalue weighted by Gasteiger charge is -2.07. The molecule has 16 heavy (non-hydrogen) atoms. The lowest BCUT2D eigenvalue weighted by atomic mass is 10.2. The Kier molecular flexibility index (Phi) is 2.81. The summed E-state index contributed by atoms with van der Waals surface area (Å²) in [5.41, 5.74) is 7.80. The first kappa shape index (κ1) is 10.5. The first-order chi connectivity index (χ1) is 7.66. The summed E-state index contributed by atoms with van der Waals surface area (Å²) < 4.78 is 7.44. The molecule has 0 spiro atoms. The molecule has 2 aromatic rings. The van der Waals surface area contributed by atoms with Gasteiger partial charge < -0.3 is 15.0 Å². The molecular weight excluding hydrogens is 202 g/mol. The van der Waals surface area contributed by atoms with E-state index in [0.29, 0.717) is 12.6 Å². The van der Waals surface area contributed by atoms with Crippen LogP contribution < -0.4 is 10.5 Å². The predicted molar refractivity (Wildman–Crippen MR) is 63.1 cm³/mol. The fraction of sp³-hybridized carbons (Fsp3) is 0.250. The molecule has 0 aliphatic rings.